The first-order valence-corrected chi connectivity index (χ1v) is 7.08. The summed E-state index contributed by atoms with van der Waals surface area (Å²) in [5.41, 5.74) is 1.74. The molecule has 4 nitrogen and oxygen atoms in total. The van der Waals surface area contributed by atoms with E-state index in [1.165, 1.54) is 19.3 Å². The van der Waals surface area contributed by atoms with Crippen LogP contribution in [0.1, 0.15) is 50.4 Å². The molecule has 1 aliphatic carbocycles. The van der Waals surface area contributed by atoms with E-state index in [-0.39, 0.29) is 6.10 Å². The molecule has 0 radical (unpaired) electrons. The standard InChI is InChI=1S/C15H22N2O2/c1-3-18-10-9-13-11-12(2)16-15(17-13)19-14-7-5-4-6-8-14/h9-11,14H,3-8H2,1-2H3/b10-9+. The van der Waals surface area contributed by atoms with Crippen molar-refractivity contribution in [3.05, 3.63) is 23.7 Å². The molecule has 0 atom stereocenters. The quantitative estimate of drug-likeness (QED) is 0.762. The van der Waals surface area contributed by atoms with Gasteiger partial charge in [-0.15, -0.1) is 0 Å². The average Bonchev–Trinajstić information content (AvgIpc) is 2.39. The summed E-state index contributed by atoms with van der Waals surface area (Å²) in [5, 5.41) is 0. The van der Waals surface area contributed by atoms with Crippen LogP contribution < -0.4 is 4.74 Å². The summed E-state index contributed by atoms with van der Waals surface area (Å²) in [7, 11) is 0. The molecule has 2 rings (SSSR count). The van der Waals surface area contributed by atoms with Crippen molar-refractivity contribution in [2.24, 2.45) is 0 Å². The molecule has 19 heavy (non-hydrogen) atoms. The second kappa shape index (κ2) is 7.12. The van der Waals surface area contributed by atoms with E-state index in [0.717, 1.165) is 24.2 Å². The molecule has 4 heteroatoms. The van der Waals surface area contributed by atoms with Crippen molar-refractivity contribution in [3.63, 3.8) is 0 Å². The van der Waals surface area contributed by atoms with E-state index in [1.54, 1.807) is 6.26 Å². The molecule has 1 fully saturated rings. The number of rotatable bonds is 5. The van der Waals surface area contributed by atoms with Crippen molar-refractivity contribution in [1.82, 2.24) is 9.97 Å². The summed E-state index contributed by atoms with van der Waals surface area (Å²) in [6.07, 6.45) is 9.80. The number of ether oxygens (including phenoxy) is 2. The summed E-state index contributed by atoms with van der Waals surface area (Å²) in [5.74, 6) is 0. The van der Waals surface area contributed by atoms with Crippen molar-refractivity contribution in [3.8, 4) is 6.01 Å². The first-order chi connectivity index (χ1) is 9.28. The Morgan fingerprint density at radius 1 is 1.26 bits per heavy atom. The average molecular weight is 262 g/mol. The van der Waals surface area contributed by atoms with Crippen LogP contribution in [0.3, 0.4) is 0 Å². The zero-order chi connectivity index (χ0) is 13.5. The molecule has 1 aliphatic rings. The number of aromatic nitrogens is 2. The molecule has 0 amide bonds. The zero-order valence-corrected chi connectivity index (χ0v) is 11.8. The monoisotopic (exact) mass is 262 g/mol. The molecule has 1 aromatic heterocycles. The smallest absolute Gasteiger partial charge is 0.317 e. The summed E-state index contributed by atoms with van der Waals surface area (Å²) in [6, 6.07) is 2.41. The minimum atomic E-state index is 0.277. The maximum atomic E-state index is 5.89. The topological polar surface area (TPSA) is 44.2 Å². The molecular formula is C15H22N2O2. The van der Waals surface area contributed by atoms with E-state index in [2.05, 4.69) is 9.97 Å². The van der Waals surface area contributed by atoms with E-state index in [9.17, 15) is 0 Å². The molecule has 104 valence electrons. The first kappa shape index (κ1) is 13.8. The Labute approximate surface area is 114 Å². The highest BCUT2D eigenvalue weighted by atomic mass is 16.5. The van der Waals surface area contributed by atoms with E-state index < -0.39 is 0 Å². The van der Waals surface area contributed by atoms with Crippen LogP contribution in [-0.4, -0.2) is 22.7 Å². The molecule has 0 spiro atoms. The molecule has 0 aliphatic heterocycles. The van der Waals surface area contributed by atoms with Crippen LogP contribution in [0.25, 0.3) is 6.08 Å². The SMILES string of the molecule is CCO/C=C/c1cc(C)nc(OC2CCCCC2)n1. The van der Waals surface area contributed by atoms with Gasteiger partial charge in [0.1, 0.15) is 6.10 Å². The minimum Gasteiger partial charge on any atom is -0.501 e. The summed E-state index contributed by atoms with van der Waals surface area (Å²) >= 11 is 0. The maximum absolute atomic E-state index is 5.89. The Bertz CT molecular complexity index is 426. The van der Waals surface area contributed by atoms with Gasteiger partial charge >= 0.3 is 6.01 Å². The molecule has 0 aromatic carbocycles. The van der Waals surface area contributed by atoms with Gasteiger partial charge in [-0.05, 0) is 51.7 Å². The van der Waals surface area contributed by atoms with Gasteiger partial charge < -0.3 is 9.47 Å². The number of hydrogen-bond donors (Lipinski definition) is 0. The Morgan fingerprint density at radius 2 is 2.05 bits per heavy atom. The molecule has 0 N–H and O–H groups in total. The van der Waals surface area contributed by atoms with Crippen molar-refractivity contribution < 1.29 is 9.47 Å². The fraction of sp³-hybridized carbons (Fsp3) is 0.600. The Morgan fingerprint density at radius 3 is 2.79 bits per heavy atom. The molecule has 1 saturated carbocycles. The lowest BCUT2D eigenvalue weighted by molar-refractivity contribution is 0.141. The van der Waals surface area contributed by atoms with Gasteiger partial charge in [0.2, 0.25) is 0 Å². The highest BCUT2D eigenvalue weighted by Gasteiger charge is 2.16. The summed E-state index contributed by atoms with van der Waals surface area (Å²) in [6.45, 7) is 4.56. The lowest BCUT2D eigenvalue weighted by Crippen LogP contribution is -2.21. The fourth-order valence-electron chi connectivity index (χ4n) is 2.25. The van der Waals surface area contributed by atoms with Crippen LogP contribution in [0.15, 0.2) is 12.3 Å². The van der Waals surface area contributed by atoms with Gasteiger partial charge in [-0.25, -0.2) is 4.98 Å². The normalized spacial score (nSPS) is 16.7. The fourth-order valence-corrected chi connectivity index (χ4v) is 2.25. The van der Waals surface area contributed by atoms with Crippen molar-refractivity contribution in [2.75, 3.05) is 6.61 Å². The van der Waals surface area contributed by atoms with Gasteiger partial charge in [0.15, 0.2) is 0 Å². The van der Waals surface area contributed by atoms with Crippen molar-refractivity contribution >= 4 is 6.08 Å². The second-order valence-electron chi connectivity index (χ2n) is 4.85. The van der Waals surface area contributed by atoms with Crippen LogP contribution in [0.5, 0.6) is 6.01 Å². The molecule has 1 heterocycles. The number of nitrogens with zero attached hydrogens (tertiary/aromatic N) is 2. The molecule has 0 unspecified atom stereocenters. The Hall–Kier alpha value is -1.58. The van der Waals surface area contributed by atoms with E-state index >= 15 is 0 Å². The van der Waals surface area contributed by atoms with Crippen molar-refractivity contribution in [2.45, 2.75) is 52.1 Å². The second-order valence-corrected chi connectivity index (χ2v) is 4.85. The Kier molecular flexibility index (Phi) is 5.19. The first-order valence-electron chi connectivity index (χ1n) is 7.08. The van der Waals surface area contributed by atoms with Crippen LogP contribution >= 0.6 is 0 Å². The summed E-state index contributed by atoms with van der Waals surface area (Å²) < 4.78 is 11.1. The van der Waals surface area contributed by atoms with E-state index in [4.69, 9.17) is 9.47 Å². The largest absolute Gasteiger partial charge is 0.501 e. The number of hydrogen-bond acceptors (Lipinski definition) is 4. The van der Waals surface area contributed by atoms with E-state index in [1.807, 2.05) is 26.0 Å². The third-order valence-electron chi connectivity index (χ3n) is 3.18. The molecule has 1 aromatic rings. The lowest BCUT2D eigenvalue weighted by Gasteiger charge is -2.21. The van der Waals surface area contributed by atoms with Crippen LogP contribution in [0.4, 0.5) is 0 Å². The summed E-state index contributed by atoms with van der Waals surface area (Å²) in [4.78, 5) is 8.75. The van der Waals surface area contributed by atoms with Crippen molar-refractivity contribution in [1.29, 1.82) is 0 Å². The molecule has 0 bridgehead atoms. The van der Waals surface area contributed by atoms with Gasteiger partial charge in [-0.3, -0.25) is 0 Å². The number of aryl methyl sites for hydroxylation is 1. The van der Waals surface area contributed by atoms with Crippen LogP contribution in [-0.2, 0) is 4.74 Å². The van der Waals surface area contributed by atoms with Gasteiger partial charge in [-0.2, -0.15) is 4.98 Å². The highest BCUT2D eigenvalue weighted by Crippen LogP contribution is 2.21. The van der Waals surface area contributed by atoms with Gasteiger partial charge in [0.05, 0.1) is 18.6 Å². The zero-order valence-electron chi connectivity index (χ0n) is 11.8. The maximum Gasteiger partial charge on any atom is 0.317 e. The predicted molar refractivity (Wildman–Crippen MR) is 74.9 cm³/mol. The van der Waals surface area contributed by atoms with Crippen LogP contribution in [0.2, 0.25) is 0 Å². The van der Waals surface area contributed by atoms with Gasteiger partial charge in [0.25, 0.3) is 0 Å². The Balaban J connectivity index is 2.03. The predicted octanol–water partition coefficient (Wildman–Crippen LogP) is 3.50. The third-order valence-corrected chi connectivity index (χ3v) is 3.18. The molecule has 0 saturated heterocycles. The van der Waals surface area contributed by atoms with Crippen LogP contribution in [0, 0.1) is 6.92 Å². The van der Waals surface area contributed by atoms with Gasteiger partial charge in [0, 0.05) is 5.69 Å². The molecular weight excluding hydrogens is 240 g/mol. The minimum absolute atomic E-state index is 0.277. The third kappa shape index (κ3) is 4.54. The highest BCUT2D eigenvalue weighted by molar-refractivity contribution is 5.43. The van der Waals surface area contributed by atoms with Gasteiger partial charge in [-0.1, -0.05) is 6.42 Å². The van der Waals surface area contributed by atoms with E-state index in [0.29, 0.717) is 12.6 Å². The lowest BCUT2D eigenvalue weighted by atomic mass is 9.98.